The molecule has 126 valence electrons. The Balaban J connectivity index is 1.53. The molecule has 1 N–H and O–H groups in total. The number of nitrogens with zero attached hydrogens (tertiary/aromatic N) is 2. The Kier molecular flexibility index (Phi) is 5.72. The Morgan fingerprint density at radius 1 is 1.17 bits per heavy atom. The van der Waals surface area contributed by atoms with E-state index in [2.05, 4.69) is 57.3 Å². The monoisotopic (exact) mass is 379 g/mol. The van der Waals surface area contributed by atoms with Gasteiger partial charge in [0, 0.05) is 36.7 Å². The highest BCUT2D eigenvalue weighted by Crippen LogP contribution is 2.23. The molecule has 2 atom stereocenters. The number of carbonyl (C=O) groups is 1. The van der Waals surface area contributed by atoms with Crippen LogP contribution in [0.3, 0.4) is 0 Å². The van der Waals surface area contributed by atoms with Gasteiger partial charge in [0.25, 0.3) is 0 Å². The Labute approximate surface area is 147 Å². The molecule has 2 aliphatic heterocycles. The molecule has 0 saturated carbocycles. The molecule has 4 nitrogen and oxygen atoms in total. The summed E-state index contributed by atoms with van der Waals surface area (Å²) < 4.78 is 1.11. The summed E-state index contributed by atoms with van der Waals surface area (Å²) >= 11 is 3.49. The molecule has 0 radical (unpaired) electrons. The molecule has 2 fully saturated rings. The van der Waals surface area contributed by atoms with Gasteiger partial charge < -0.3 is 10.2 Å². The Morgan fingerprint density at radius 2 is 1.87 bits per heavy atom. The number of hydrogen-bond donors (Lipinski definition) is 1. The standard InChI is InChI=1S/C18H26BrN3O/c1-14(15-5-7-16(19)8-6-15)21-10-12-22(13-11-21)18(23)17-4-2-3-9-20-17/h5-8,14,17,20H,2-4,9-13H2,1H3/t14?,17-/m1/s1. The van der Waals surface area contributed by atoms with Crippen molar-refractivity contribution < 1.29 is 4.79 Å². The maximum Gasteiger partial charge on any atom is 0.239 e. The fraction of sp³-hybridized carbons (Fsp3) is 0.611. The van der Waals surface area contributed by atoms with E-state index in [0.29, 0.717) is 11.9 Å². The van der Waals surface area contributed by atoms with E-state index in [9.17, 15) is 4.79 Å². The second-order valence-corrected chi connectivity index (χ2v) is 7.51. The number of amides is 1. The second kappa shape index (κ2) is 7.77. The van der Waals surface area contributed by atoms with Gasteiger partial charge in [-0.2, -0.15) is 0 Å². The van der Waals surface area contributed by atoms with Crippen LogP contribution < -0.4 is 5.32 Å². The van der Waals surface area contributed by atoms with Crippen LogP contribution >= 0.6 is 15.9 Å². The normalized spacial score (nSPS) is 24.4. The van der Waals surface area contributed by atoms with Crippen molar-refractivity contribution in [3.8, 4) is 0 Å². The highest BCUT2D eigenvalue weighted by Gasteiger charge is 2.29. The fourth-order valence-electron chi connectivity index (χ4n) is 3.56. The van der Waals surface area contributed by atoms with Crippen molar-refractivity contribution >= 4 is 21.8 Å². The average molecular weight is 380 g/mol. The molecule has 1 aromatic rings. The van der Waals surface area contributed by atoms with Crippen molar-refractivity contribution in [1.29, 1.82) is 0 Å². The third-order valence-corrected chi connectivity index (χ3v) is 5.66. The Hall–Kier alpha value is -0.910. The van der Waals surface area contributed by atoms with Crippen molar-refractivity contribution in [2.45, 2.75) is 38.3 Å². The maximum atomic E-state index is 12.6. The topological polar surface area (TPSA) is 35.6 Å². The van der Waals surface area contributed by atoms with Gasteiger partial charge in [-0.25, -0.2) is 0 Å². The molecule has 0 aromatic heterocycles. The lowest BCUT2D eigenvalue weighted by atomic mass is 10.0. The van der Waals surface area contributed by atoms with Crippen molar-refractivity contribution in [2.24, 2.45) is 0 Å². The molecule has 2 saturated heterocycles. The van der Waals surface area contributed by atoms with Gasteiger partial charge in [-0.05, 0) is 44.0 Å². The first-order valence-electron chi connectivity index (χ1n) is 8.67. The predicted octanol–water partition coefficient (Wildman–Crippen LogP) is 2.80. The molecule has 1 unspecified atom stereocenters. The molecular weight excluding hydrogens is 354 g/mol. The highest BCUT2D eigenvalue weighted by molar-refractivity contribution is 9.10. The van der Waals surface area contributed by atoms with Crippen LogP contribution in [0.2, 0.25) is 0 Å². The van der Waals surface area contributed by atoms with E-state index < -0.39 is 0 Å². The van der Waals surface area contributed by atoms with Gasteiger partial charge in [0.15, 0.2) is 0 Å². The summed E-state index contributed by atoms with van der Waals surface area (Å²) in [5.41, 5.74) is 1.34. The van der Waals surface area contributed by atoms with Gasteiger partial charge in [0.05, 0.1) is 6.04 Å². The second-order valence-electron chi connectivity index (χ2n) is 6.59. The molecule has 1 aromatic carbocycles. The van der Waals surface area contributed by atoms with Gasteiger partial charge in [0.2, 0.25) is 5.91 Å². The number of piperidine rings is 1. The quantitative estimate of drug-likeness (QED) is 0.876. The van der Waals surface area contributed by atoms with Crippen LogP contribution in [0.25, 0.3) is 0 Å². The van der Waals surface area contributed by atoms with E-state index in [1.54, 1.807) is 0 Å². The van der Waals surface area contributed by atoms with Crippen LogP contribution in [0.5, 0.6) is 0 Å². The van der Waals surface area contributed by atoms with Gasteiger partial charge in [-0.1, -0.05) is 34.5 Å². The largest absolute Gasteiger partial charge is 0.339 e. The van der Waals surface area contributed by atoms with Crippen LogP contribution in [0.4, 0.5) is 0 Å². The minimum Gasteiger partial charge on any atom is -0.339 e. The molecule has 2 aliphatic rings. The number of rotatable bonds is 3. The van der Waals surface area contributed by atoms with Crippen molar-refractivity contribution in [3.63, 3.8) is 0 Å². The highest BCUT2D eigenvalue weighted by atomic mass is 79.9. The van der Waals surface area contributed by atoms with E-state index in [4.69, 9.17) is 0 Å². The van der Waals surface area contributed by atoms with E-state index in [1.807, 2.05) is 4.90 Å². The molecule has 3 rings (SSSR count). The van der Waals surface area contributed by atoms with Crippen molar-refractivity contribution in [1.82, 2.24) is 15.1 Å². The lowest BCUT2D eigenvalue weighted by molar-refractivity contribution is -0.136. The number of benzene rings is 1. The molecule has 0 spiro atoms. The van der Waals surface area contributed by atoms with Gasteiger partial charge in [0.1, 0.15) is 0 Å². The van der Waals surface area contributed by atoms with Crippen molar-refractivity contribution in [3.05, 3.63) is 34.3 Å². The number of halogens is 1. The number of nitrogens with one attached hydrogen (secondary N) is 1. The van der Waals surface area contributed by atoms with Crippen LogP contribution in [0, 0.1) is 0 Å². The van der Waals surface area contributed by atoms with Gasteiger partial charge >= 0.3 is 0 Å². The summed E-state index contributed by atoms with van der Waals surface area (Å²) in [6.07, 6.45) is 3.36. The zero-order valence-electron chi connectivity index (χ0n) is 13.8. The zero-order valence-corrected chi connectivity index (χ0v) is 15.4. The first-order chi connectivity index (χ1) is 11.1. The minimum absolute atomic E-state index is 0.0548. The van der Waals surface area contributed by atoms with Crippen LogP contribution in [0.1, 0.15) is 37.8 Å². The minimum atomic E-state index is 0.0548. The SMILES string of the molecule is CC(c1ccc(Br)cc1)N1CCN(C(=O)[C@H]2CCCCN2)CC1. The molecule has 5 heteroatoms. The van der Waals surface area contributed by atoms with Gasteiger partial charge in [-0.15, -0.1) is 0 Å². The van der Waals surface area contributed by atoms with E-state index in [-0.39, 0.29) is 6.04 Å². The van der Waals surface area contributed by atoms with E-state index in [0.717, 1.165) is 43.6 Å². The summed E-state index contributed by atoms with van der Waals surface area (Å²) in [6.45, 7) is 6.83. The van der Waals surface area contributed by atoms with Crippen LogP contribution in [-0.2, 0) is 4.79 Å². The molecule has 2 heterocycles. The number of piperazine rings is 1. The predicted molar refractivity (Wildman–Crippen MR) is 96.4 cm³/mol. The number of carbonyl (C=O) groups excluding carboxylic acids is 1. The Bertz CT molecular complexity index is 520. The summed E-state index contributed by atoms with van der Waals surface area (Å²) in [6, 6.07) is 9.00. The first kappa shape index (κ1) is 16.9. The average Bonchev–Trinajstić information content (AvgIpc) is 2.62. The third kappa shape index (κ3) is 4.14. The lowest BCUT2D eigenvalue weighted by Crippen LogP contribution is -2.55. The molecular formula is C18H26BrN3O. The smallest absolute Gasteiger partial charge is 0.239 e. The van der Waals surface area contributed by atoms with Crippen LogP contribution in [-0.4, -0.2) is 54.5 Å². The van der Waals surface area contributed by atoms with E-state index in [1.165, 1.54) is 18.4 Å². The summed E-state index contributed by atoms with van der Waals surface area (Å²) in [4.78, 5) is 17.1. The third-order valence-electron chi connectivity index (χ3n) is 5.13. The van der Waals surface area contributed by atoms with Crippen molar-refractivity contribution in [2.75, 3.05) is 32.7 Å². The zero-order chi connectivity index (χ0) is 16.2. The maximum absolute atomic E-state index is 12.6. The molecule has 23 heavy (non-hydrogen) atoms. The molecule has 0 bridgehead atoms. The summed E-state index contributed by atoms with van der Waals surface area (Å²) in [5.74, 6) is 0.306. The molecule has 0 aliphatic carbocycles. The Morgan fingerprint density at radius 3 is 2.48 bits per heavy atom. The van der Waals surface area contributed by atoms with Gasteiger partial charge in [-0.3, -0.25) is 9.69 Å². The molecule has 1 amide bonds. The van der Waals surface area contributed by atoms with E-state index >= 15 is 0 Å². The first-order valence-corrected chi connectivity index (χ1v) is 9.46. The summed E-state index contributed by atoms with van der Waals surface area (Å²) in [5, 5.41) is 3.37. The van der Waals surface area contributed by atoms with Crippen LogP contribution in [0.15, 0.2) is 28.7 Å². The fourth-order valence-corrected chi connectivity index (χ4v) is 3.83. The summed E-state index contributed by atoms with van der Waals surface area (Å²) in [7, 11) is 0. The lowest BCUT2D eigenvalue weighted by Gasteiger charge is -2.40. The number of hydrogen-bond acceptors (Lipinski definition) is 3.